The summed E-state index contributed by atoms with van der Waals surface area (Å²) in [5, 5.41) is 3.17. The molecule has 0 atom stereocenters. The van der Waals surface area contributed by atoms with Crippen LogP contribution in [0.2, 0.25) is 4.34 Å². The fourth-order valence-electron chi connectivity index (χ4n) is 2.88. The Morgan fingerprint density at radius 3 is 2.59 bits per heavy atom. The predicted octanol–water partition coefficient (Wildman–Crippen LogP) is 3.29. The maximum atomic E-state index is 12.5. The van der Waals surface area contributed by atoms with E-state index >= 15 is 0 Å². The Morgan fingerprint density at radius 1 is 1.04 bits per heavy atom. The fourth-order valence-corrected chi connectivity index (χ4v) is 3.89. The predicted molar refractivity (Wildman–Crippen MR) is 107 cm³/mol. The van der Waals surface area contributed by atoms with E-state index in [1.165, 1.54) is 17.7 Å². The molecule has 1 N–H and O–H groups in total. The molecular weight excluding hydrogens is 384 g/mol. The molecule has 0 radical (unpaired) electrons. The van der Waals surface area contributed by atoms with Gasteiger partial charge in [-0.25, -0.2) is 15.0 Å². The molecule has 3 aromatic heterocycles. The van der Waals surface area contributed by atoms with Gasteiger partial charge in [0, 0.05) is 38.4 Å². The maximum Gasteiger partial charge on any atom is 0.264 e. The molecule has 0 spiro atoms. The molecule has 4 heterocycles. The summed E-state index contributed by atoms with van der Waals surface area (Å²) in [6, 6.07) is 11.1. The van der Waals surface area contributed by atoms with Crippen molar-refractivity contribution in [3.05, 3.63) is 58.1 Å². The van der Waals surface area contributed by atoms with E-state index in [-0.39, 0.29) is 5.91 Å². The average Bonchev–Trinajstić information content (AvgIpc) is 3.15. The van der Waals surface area contributed by atoms with E-state index in [0.29, 0.717) is 41.2 Å². The number of hydrogen-bond donors (Lipinski definition) is 1. The van der Waals surface area contributed by atoms with Crippen molar-refractivity contribution in [3.8, 4) is 0 Å². The molecule has 1 fully saturated rings. The van der Waals surface area contributed by atoms with Crippen LogP contribution in [0.4, 0.5) is 17.5 Å². The Hall–Kier alpha value is -2.71. The number of piperazine rings is 1. The summed E-state index contributed by atoms with van der Waals surface area (Å²) in [5.74, 6) is 2.28. The van der Waals surface area contributed by atoms with Gasteiger partial charge in [0.05, 0.1) is 9.21 Å². The van der Waals surface area contributed by atoms with E-state index < -0.39 is 0 Å². The number of amides is 1. The highest BCUT2D eigenvalue weighted by molar-refractivity contribution is 7.17. The average molecular weight is 401 g/mol. The van der Waals surface area contributed by atoms with Crippen molar-refractivity contribution in [2.45, 2.75) is 0 Å². The van der Waals surface area contributed by atoms with Gasteiger partial charge in [-0.2, -0.15) is 0 Å². The van der Waals surface area contributed by atoms with Crippen LogP contribution in [0.15, 0.2) is 48.9 Å². The van der Waals surface area contributed by atoms with Crippen LogP contribution in [-0.2, 0) is 0 Å². The highest BCUT2D eigenvalue weighted by atomic mass is 35.5. The second kappa shape index (κ2) is 7.89. The maximum absolute atomic E-state index is 12.5. The molecule has 1 saturated heterocycles. The topological polar surface area (TPSA) is 74.2 Å². The first kappa shape index (κ1) is 17.7. The van der Waals surface area contributed by atoms with Crippen LogP contribution in [0.3, 0.4) is 0 Å². The Bertz CT molecular complexity index is 926. The van der Waals surface area contributed by atoms with Crippen LogP contribution >= 0.6 is 22.9 Å². The van der Waals surface area contributed by atoms with Crippen molar-refractivity contribution >= 4 is 46.3 Å². The number of thiophene rings is 1. The molecular formula is C18H17ClN6OS. The van der Waals surface area contributed by atoms with Crippen LogP contribution in [0.25, 0.3) is 0 Å². The molecule has 1 amide bonds. The SMILES string of the molecule is O=C(c1ccc(Cl)s1)N1CCN(c2cc(Nc3ccccn3)ncn2)CC1. The Kier molecular flexibility index (Phi) is 5.17. The quantitative estimate of drug-likeness (QED) is 0.724. The number of anilines is 3. The van der Waals surface area contributed by atoms with Crippen LogP contribution in [0.5, 0.6) is 0 Å². The number of carbonyl (C=O) groups excluding carboxylic acids is 1. The molecule has 7 nitrogen and oxygen atoms in total. The lowest BCUT2D eigenvalue weighted by Crippen LogP contribution is -2.48. The van der Waals surface area contributed by atoms with Crippen molar-refractivity contribution in [3.63, 3.8) is 0 Å². The van der Waals surface area contributed by atoms with E-state index in [2.05, 4.69) is 25.2 Å². The summed E-state index contributed by atoms with van der Waals surface area (Å²) in [6.07, 6.45) is 3.26. The number of hydrogen-bond acceptors (Lipinski definition) is 7. The van der Waals surface area contributed by atoms with Gasteiger partial charge in [-0.3, -0.25) is 4.79 Å². The number of nitrogens with zero attached hydrogens (tertiary/aromatic N) is 5. The first-order chi connectivity index (χ1) is 13.2. The first-order valence-electron chi connectivity index (χ1n) is 8.49. The molecule has 9 heteroatoms. The molecule has 0 aromatic carbocycles. The van der Waals surface area contributed by atoms with E-state index in [9.17, 15) is 4.79 Å². The van der Waals surface area contributed by atoms with Gasteiger partial charge in [-0.05, 0) is 24.3 Å². The minimum absolute atomic E-state index is 0.0340. The normalized spacial score (nSPS) is 14.3. The summed E-state index contributed by atoms with van der Waals surface area (Å²) in [7, 11) is 0. The van der Waals surface area contributed by atoms with Gasteiger partial charge in [0.15, 0.2) is 0 Å². The highest BCUT2D eigenvalue weighted by Crippen LogP contribution is 2.24. The molecule has 1 aliphatic heterocycles. The Morgan fingerprint density at radius 2 is 1.89 bits per heavy atom. The summed E-state index contributed by atoms with van der Waals surface area (Å²) < 4.78 is 0.630. The standard InChI is InChI=1S/C18H17ClN6OS/c19-14-5-4-13(27-14)18(26)25-9-7-24(8-10-25)17-11-16(21-12-22-17)23-15-3-1-2-6-20-15/h1-6,11-12H,7-10H2,(H,20,21,22,23). The van der Waals surface area contributed by atoms with Crippen LogP contribution < -0.4 is 10.2 Å². The van der Waals surface area contributed by atoms with Crippen LogP contribution in [0, 0.1) is 0 Å². The van der Waals surface area contributed by atoms with E-state index in [1.54, 1.807) is 18.3 Å². The van der Waals surface area contributed by atoms with Gasteiger partial charge in [0.1, 0.15) is 23.8 Å². The summed E-state index contributed by atoms with van der Waals surface area (Å²) in [5.41, 5.74) is 0. The van der Waals surface area contributed by atoms with Crippen molar-refractivity contribution < 1.29 is 4.79 Å². The third-order valence-electron chi connectivity index (χ3n) is 4.25. The third kappa shape index (κ3) is 4.17. The Balaban J connectivity index is 1.39. The zero-order chi connectivity index (χ0) is 18.6. The van der Waals surface area contributed by atoms with Gasteiger partial charge in [0.2, 0.25) is 0 Å². The molecule has 0 aliphatic carbocycles. The lowest BCUT2D eigenvalue weighted by Gasteiger charge is -2.35. The summed E-state index contributed by atoms with van der Waals surface area (Å²) in [6.45, 7) is 2.71. The smallest absolute Gasteiger partial charge is 0.264 e. The molecule has 138 valence electrons. The molecule has 4 rings (SSSR count). The van der Waals surface area contributed by atoms with E-state index in [4.69, 9.17) is 11.6 Å². The van der Waals surface area contributed by atoms with Crippen molar-refractivity contribution in [2.75, 3.05) is 36.4 Å². The highest BCUT2D eigenvalue weighted by Gasteiger charge is 2.24. The van der Waals surface area contributed by atoms with Crippen molar-refractivity contribution in [2.24, 2.45) is 0 Å². The molecule has 0 bridgehead atoms. The second-order valence-electron chi connectivity index (χ2n) is 5.98. The largest absolute Gasteiger partial charge is 0.353 e. The van der Waals surface area contributed by atoms with Gasteiger partial charge in [-0.1, -0.05) is 17.7 Å². The number of aromatic nitrogens is 3. The fraction of sp³-hybridized carbons (Fsp3) is 0.222. The zero-order valence-corrected chi connectivity index (χ0v) is 16.0. The van der Waals surface area contributed by atoms with Gasteiger partial charge in [-0.15, -0.1) is 11.3 Å². The second-order valence-corrected chi connectivity index (χ2v) is 7.70. The third-order valence-corrected chi connectivity index (χ3v) is 5.47. The lowest BCUT2D eigenvalue weighted by atomic mass is 10.3. The van der Waals surface area contributed by atoms with E-state index in [0.717, 1.165) is 11.6 Å². The summed E-state index contributed by atoms with van der Waals surface area (Å²) >= 11 is 7.25. The number of rotatable bonds is 4. The van der Waals surface area contributed by atoms with Crippen molar-refractivity contribution in [1.82, 2.24) is 19.9 Å². The van der Waals surface area contributed by atoms with Crippen LogP contribution in [0.1, 0.15) is 9.67 Å². The minimum Gasteiger partial charge on any atom is -0.353 e. The van der Waals surface area contributed by atoms with E-state index in [1.807, 2.05) is 29.2 Å². The molecule has 0 saturated carbocycles. The number of carbonyl (C=O) groups is 1. The zero-order valence-electron chi connectivity index (χ0n) is 14.4. The molecule has 3 aromatic rings. The first-order valence-corrected chi connectivity index (χ1v) is 9.68. The molecule has 1 aliphatic rings. The number of nitrogens with one attached hydrogen (secondary N) is 1. The number of pyridine rings is 1. The van der Waals surface area contributed by atoms with Crippen molar-refractivity contribution in [1.29, 1.82) is 0 Å². The lowest BCUT2D eigenvalue weighted by molar-refractivity contribution is 0.0751. The minimum atomic E-state index is 0.0340. The van der Waals surface area contributed by atoms with Crippen LogP contribution in [-0.4, -0.2) is 51.9 Å². The Labute approximate surface area is 165 Å². The van der Waals surface area contributed by atoms with Gasteiger partial charge in [0.25, 0.3) is 5.91 Å². The number of halogens is 1. The monoisotopic (exact) mass is 400 g/mol. The molecule has 27 heavy (non-hydrogen) atoms. The molecule has 0 unspecified atom stereocenters. The van der Waals surface area contributed by atoms with Gasteiger partial charge >= 0.3 is 0 Å². The van der Waals surface area contributed by atoms with Gasteiger partial charge < -0.3 is 15.1 Å². The summed E-state index contributed by atoms with van der Waals surface area (Å²) in [4.78, 5) is 30.1.